The lowest BCUT2D eigenvalue weighted by Gasteiger charge is -2.34. The summed E-state index contributed by atoms with van der Waals surface area (Å²) >= 11 is 0. The van der Waals surface area contributed by atoms with E-state index in [1.54, 1.807) is 35.2 Å². The average Bonchev–Trinajstić information content (AvgIpc) is 3.05. The van der Waals surface area contributed by atoms with Crippen molar-refractivity contribution in [3.05, 3.63) is 131 Å². The van der Waals surface area contributed by atoms with Gasteiger partial charge in [0.05, 0.1) is 10.6 Å². The van der Waals surface area contributed by atoms with E-state index in [0.717, 1.165) is 26.6 Å². The molecule has 8 heteroatoms. The molecule has 0 fully saturated rings. The number of amides is 2. The standard InChI is InChI=1S/C38H45N3O4S/c1-28(2)25-39-38(43)36(24-31-15-8-6-9-16-31)40(26-33-17-13-12-14-30(33)5)37(42)27-41(34-22-20-32(21-23-34)29(3)4)46(44,45)35-18-10-7-11-19-35/h6-23,28-29,36H,24-27H2,1-5H3,(H,39,43)/t36-/m0/s1. The minimum atomic E-state index is -4.14. The molecule has 0 aliphatic heterocycles. The van der Waals surface area contributed by atoms with E-state index in [0.29, 0.717) is 12.2 Å². The molecule has 46 heavy (non-hydrogen) atoms. The maximum atomic E-state index is 14.6. The number of nitrogens with zero attached hydrogens (tertiary/aromatic N) is 2. The first-order chi connectivity index (χ1) is 22.0. The van der Waals surface area contributed by atoms with E-state index in [4.69, 9.17) is 0 Å². The van der Waals surface area contributed by atoms with E-state index in [-0.39, 0.29) is 35.6 Å². The Hall–Kier alpha value is -4.43. The topological polar surface area (TPSA) is 86.8 Å². The monoisotopic (exact) mass is 639 g/mol. The minimum Gasteiger partial charge on any atom is -0.354 e. The van der Waals surface area contributed by atoms with Gasteiger partial charge in [-0.2, -0.15) is 0 Å². The van der Waals surface area contributed by atoms with Crippen LogP contribution < -0.4 is 9.62 Å². The Balaban J connectivity index is 1.81. The summed E-state index contributed by atoms with van der Waals surface area (Å²) in [6.45, 7) is 10.2. The van der Waals surface area contributed by atoms with Gasteiger partial charge in [0.1, 0.15) is 12.6 Å². The van der Waals surface area contributed by atoms with E-state index >= 15 is 0 Å². The highest BCUT2D eigenvalue weighted by Crippen LogP contribution is 2.27. The number of hydrogen-bond acceptors (Lipinski definition) is 4. The lowest BCUT2D eigenvalue weighted by atomic mass is 10.0. The van der Waals surface area contributed by atoms with Crippen molar-refractivity contribution in [2.45, 2.75) is 64.4 Å². The van der Waals surface area contributed by atoms with Gasteiger partial charge in [-0.1, -0.05) is 113 Å². The number of rotatable bonds is 14. The summed E-state index contributed by atoms with van der Waals surface area (Å²) in [6.07, 6.45) is 0.275. The highest BCUT2D eigenvalue weighted by molar-refractivity contribution is 7.92. The van der Waals surface area contributed by atoms with Crippen LogP contribution in [0.3, 0.4) is 0 Å². The largest absolute Gasteiger partial charge is 0.354 e. The molecule has 2 amide bonds. The number of aryl methyl sites for hydroxylation is 1. The zero-order valence-corrected chi connectivity index (χ0v) is 28.2. The van der Waals surface area contributed by atoms with Crippen LogP contribution in [0.25, 0.3) is 0 Å². The summed E-state index contributed by atoms with van der Waals surface area (Å²) < 4.78 is 29.5. The van der Waals surface area contributed by atoms with Crippen LogP contribution in [0.5, 0.6) is 0 Å². The van der Waals surface area contributed by atoms with Crippen LogP contribution in [-0.2, 0) is 32.6 Å². The second-order valence-electron chi connectivity index (χ2n) is 12.4. The van der Waals surface area contributed by atoms with Crippen molar-refractivity contribution in [3.63, 3.8) is 0 Å². The van der Waals surface area contributed by atoms with Crippen molar-refractivity contribution in [3.8, 4) is 0 Å². The van der Waals surface area contributed by atoms with E-state index in [1.165, 1.54) is 12.1 Å². The van der Waals surface area contributed by atoms with Crippen LogP contribution in [0.2, 0.25) is 0 Å². The number of sulfonamides is 1. The molecule has 1 atom stereocenters. The molecule has 4 aromatic rings. The van der Waals surface area contributed by atoms with Crippen molar-refractivity contribution in [1.29, 1.82) is 0 Å². The van der Waals surface area contributed by atoms with Crippen molar-refractivity contribution in [2.75, 3.05) is 17.4 Å². The maximum Gasteiger partial charge on any atom is 0.264 e. The fourth-order valence-corrected chi connectivity index (χ4v) is 6.66. The molecular formula is C38H45N3O4S. The Morgan fingerprint density at radius 2 is 1.35 bits per heavy atom. The first-order valence-electron chi connectivity index (χ1n) is 15.8. The molecule has 7 nitrogen and oxygen atoms in total. The second kappa shape index (κ2) is 15.7. The summed E-state index contributed by atoms with van der Waals surface area (Å²) in [6, 6.07) is 31.8. The average molecular weight is 640 g/mol. The van der Waals surface area contributed by atoms with Gasteiger partial charge in [0, 0.05) is 19.5 Å². The van der Waals surface area contributed by atoms with Crippen LogP contribution in [0.15, 0.2) is 114 Å². The molecule has 242 valence electrons. The SMILES string of the molecule is Cc1ccccc1CN(C(=O)CN(c1ccc(C(C)C)cc1)S(=O)(=O)c1ccccc1)[C@@H](Cc1ccccc1)C(=O)NCC(C)C. The number of benzene rings is 4. The first-order valence-corrected chi connectivity index (χ1v) is 17.2. The smallest absolute Gasteiger partial charge is 0.264 e. The van der Waals surface area contributed by atoms with Crippen LogP contribution in [-0.4, -0.2) is 44.3 Å². The Kier molecular flexibility index (Phi) is 11.8. The number of nitrogens with one attached hydrogen (secondary N) is 1. The molecule has 0 bridgehead atoms. The molecule has 0 saturated heterocycles. The maximum absolute atomic E-state index is 14.6. The van der Waals surface area contributed by atoms with Crippen molar-refractivity contribution >= 4 is 27.5 Å². The van der Waals surface area contributed by atoms with Gasteiger partial charge >= 0.3 is 0 Å². The third-order valence-corrected chi connectivity index (χ3v) is 9.80. The summed E-state index contributed by atoms with van der Waals surface area (Å²) in [5.41, 5.74) is 4.18. The van der Waals surface area contributed by atoms with Gasteiger partial charge in [0.2, 0.25) is 11.8 Å². The Labute approximate surface area is 274 Å². The Bertz CT molecular complexity index is 1690. The molecule has 0 radical (unpaired) electrons. The quantitative estimate of drug-likeness (QED) is 0.166. The molecular weight excluding hydrogens is 595 g/mol. The van der Waals surface area contributed by atoms with E-state index in [2.05, 4.69) is 19.2 Å². The van der Waals surface area contributed by atoms with Gasteiger partial charge in [-0.25, -0.2) is 8.42 Å². The normalized spacial score (nSPS) is 12.2. The molecule has 0 heterocycles. The van der Waals surface area contributed by atoms with Crippen LogP contribution in [0.4, 0.5) is 5.69 Å². The molecule has 0 aliphatic carbocycles. The predicted molar refractivity (Wildman–Crippen MR) is 185 cm³/mol. The third-order valence-electron chi connectivity index (χ3n) is 8.02. The van der Waals surface area contributed by atoms with E-state index in [9.17, 15) is 18.0 Å². The molecule has 0 saturated carbocycles. The summed E-state index contributed by atoms with van der Waals surface area (Å²) in [5.74, 6) is -0.292. The van der Waals surface area contributed by atoms with Crippen molar-refractivity contribution in [1.82, 2.24) is 10.2 Å². The highest BCUT2D eigenvalue weighted by Gasteiger charge is 2.34. The van der Waals surface area contributed by atoms with Gasteiger partial charge in [0.25, 0.3) is 10.0 Å². The fourth-order valence-electron chi connectivity index (χ4n) is 5.22. The molecule has 4 rings (SSSR count). The molecule has 0 spiro atoms. The zero-order chi connectivity index (χ0) is 33.3. The Morgan fingerprint density at radius 3 is 1.93 bits per heavy atom. The van der Waals surface area contributed by atoms with Crippen LogP contribution in [0, 0.1) is 12.8 Å². The lowest BCUT2D eigenvalue weighted by Crippen LogP contribution is -2.53. The Morgan fingerprint density at radius 1 is 0.761 bits per heavy atom. The lowest BCUT2D eigenvalue weighted by molar-refractivity contribution is -0.140. The van der Waals surface area contributed by atoms with Crippen molar-refractivity contribution in [2.24, 2.45) is 5.92 Å². The second-order valence-corrected chi connectivity index (χ2v) is 14.2. The molecule has 1 N–H and O–H groups in total. The van der Waals surface area contributed by atoms with Gasteiger partial charge in [0.15, 0.2) is 0 Å². The third kappa shape index (κ3) is 8.85. The molecule has 0 aromatic heterocycles. The number of anilines is 1. The van der Waals surface area contributed by atoms with Gasteiger partial charge in [-0.3, -0.25) is 13.9 Å². The minimum absolute atomic E-state index is 0.0803. The van der Waals surface area contributed by atoms with Gasteiger partial charge < -0.3 is 10.2 Å². The number of carbonyl (C=O) groups is 2. The van der Waals surface area contributed by atoms with Gasteiger partial charge in [-0.15, -0.1) is 0 Å². The van der Waals surface area contributed by atoms with E-state index < -0.39 is 28.5 Å². The van der Waals surface area contributed by atoms with Crippen LogP contribution >= 0.6 is 0 Å². The van der Waals surface area contributed by atoms with Crippen molar-refractivity contribution < 1.29 is 18.0 Å². The molecule has 0 unspecified atom stereocenters. The predicted octanol–water partition coefficient (Wildman–Crippen LogP) is 6.73. The van der Waals surface area contributed by atoms with Gasteiger partial charge in [-0.05, 0) is 65.3 Å². The summed E-state index contributed by atoms with van der Waals surface area (Å²) in [5, 5.41) is 3.03. The molecule has 4 aromatic carbocycles. The number of carbonyl (C=O) groups excluding carboxylic acids is 2. The summed E-state index contributed by atoms with van der Waals surface area (Å²) in [4.78, 5) is 30.1. The van der Waals surface area contributed by atoms with Crippen LogP contribution in [0.1, 0.15) is 55.9 Å². The first kappa shape index (κ1) is 34.4. The fraction of sp³-hybridized carbons (Fsp3) is 0.316. The zero-order valence-electron chi connectivity index (χ0n) is 27.4. The number of hydrogen-bond donors (Lipinski definition) is 1. The highest BCUT2D eigenvalue weighted by atomic mass is 32.2. The van der Waals surface area contributed by atoms with E-state index in [1.807, 2.05) is 87.5 Å². The summed E-state index contributed by atoms with van der Waals surface area (Å²) in [7, 11) is -4.14. The molecule has 0 aliphatic rings.